The third-order valence-electron chi connectivity index (χ3n) is 3.71. The maximum Gasteiger partial charge on any atom is 0.222 e. The number of benzene rings is 2. The third-order valence-corrected chi connectivity index (χ3v) is 4.11. The Bertz CT molecular complexity index is 1040. The molecule has 0 aliphatic heterocycles. The highest BCUT2D eigenvalue weighted by atomic mass is 35.5. The highest BCUT2D eigenvalue weighted by molar-refractivity contribution is 6.31. The molecule has 0 saturated carbocycles. The second-order valence-electron chi connectivity index (χ2n) is 5.46. The number of tetrazole rings is 1. The lowest BCUT2D eigenvalue weighted by Gasteiger charge is -2.09. The van der Waals surface area contributed by atoms with Crippen LogP contribution in [0.25, 0.3) is 16.7 Å². The van der Waals surface area contributed by atoms with Crippen LogP contribution in [-0.2, 0) is 0 Å². The SMILES string of the molecule is Cc1ccc2nc(Nc3ccc(C)c(Cl)c3)c3nnnn3c2c1. The van der Waals surface area contributed by atoms with E-state index in [9.17, 15) is 0 Å². The molecule has 4 aromatic rings. The molecule has 0 fully saturated rings. The maximum atomic E-state index is 6.18. The number of nitrogens with one attached hydrogen (secondary N) is 1. The van der Waals surface area contributed by atoms with E-state index in [4.69, 9.17) is 11.6 Å². The molecule has 0 atom stereocenters. The Morgan fingerprint density at radius 1 is 1.09 bits per heavy atom. The number of aryl methyl sites for hydroxylation is 2. The summed E-state index contributed by atoms with van der Waals surface area (Å²) in [4.78, 5) is 4.65. The lowest BCUT2D eigenvalue weighted by atomic mass is 10.2. The van der Waals surface area contributed by atoms with Gasteiger partial charge in [0.1, 0.15) is 0 Å². The van der Waals surface area contributed by atoms with E-state index in [1.54, 1.807) is 4.52 Å². The molecule has 6 nitrogen and oxygen atoms in total. The largest absolute Gasteiger partial charge is 0.337 e. The fraction of sp³-hybridized carbons (Fsp3) is 0.125. The van der Waals surface area contributed by atoms with Crippen molar-refractivity contribution in [3.05, 3.63) is 52.5 Å². The number of aromatic nitrogens is 5. The van der Waals surface area contributed by atoms with E-state index >= 15 is 0 Å². The third kappa shape index (κ3) is 2.37. The lowest BCUT2D eigenvalue weighted by Crippen LogP contribution is -2.01. The number of rotatable bonds is 2. The van der Waals surface area contributed by atoms with Crippen LogP contribution in [0.5, 0.6) is 0 Å². The van der Waals surface area contributed by atoms with Crippen molar-refractivity contribution in [3.63, 3.8) is 0 Å². The van der Waals surface area contributed by atoms with Crippen LogP contribution in [0, 0.1) is 13.8 Å². The second-order valence-corrected chi connectivity index (χ2v) is 5.86. The Morgan fingerprint density at radius 3 is 2.78 bits per heavy atom. The molecular formula is C16H13ClN6. The first kappa shape index (κ1) is 13.9. The predicted molar refractivity (Wildman–Crippen MR) is 90.3 cm³/mol. The van der Waals surface area contributed by atoms with Gasteiger partial charge in [-0.05, 0) is 59.7 Å². The van der Waals surface area contributed by atoms with Gasteiger partial charge in [-0.25, -0.2) is 4.98 Å². The van der Waals surface area contributed by atoms with E-state index in [2.05, 4.69) is 25.8 Å². The normalized spacial score (nSPS) is 11.3. The molecule has 0 amide bonds. The van der Waals surface area contributed by atoms with Gasteiger partial charge >= 0.3 is 0 Å². The van der Waals surface area contributed by atoms with Crippen LogP contribution in [0.3, 0.4) is 0 Å². The molecule has 0 saturated heterocycles. The van der Waals surface area contributed by atoms with Crippen LogP contribution in [-0.4, -0.2) is 25.0 Å². The van der Waals surface area contributed by atoms with Crippen molar-refractivity contribution in [1.29, 1.82) is 0 Å². The number of hydrogen-bond acceptors (Lipinski definition) is 5. The molecule has 0 aliphatic rings. The zero-order valence-corrected chi connectivity index (χ0v) is 13.3. The number of hydrogen-bond donors (Lipinski definition) is 1. The molecule has 7 heteroatoms. The molecule has 0 aliphatic carbocycles. The fourth-order valence-corrected chi connectivity index (χ4v) is 2.64. The Morgan fingerprint density at radius 2 is 1.96 bits per heavy atom. The highest BCUT2D eigenvalue weighted by Crippen LogP contribution is 2.26. The fourth-order valence-electron chi connectivity index (χ4n) is 2.46. The summed E-state index contributed by atoms with van der Waals surface area (Å²) in [6, 6.07) is 11.7. The molecule has 1 N–H and O–H groups in total. The minimum atomic E-state index is 0.569. The first-order chi connectivity index (χ1) is 11.1. The average Bonchev–Trinajstić information content (AvgIpc) is 3.02. The molecule has 114 valence electrons. The zero-order valence-electron chi connectivity index (χ0n) is 12.6. The molecule has 23 heavy (non-hydrogen) atoms. The van der Waals surface area contributed by atoms with Crippen LogP contribution in [0.15, 0.2) is 36.4 Å². The maximum absolute atomic E-state index is 6.18. The van der Waals surface area contributed by atoms with Crippen LogP contribution < -0.4 is 5.32 Å². The van der Waals surface area contributed by atoms with Crippen molar-refractivity contribution < 1.29 is 0 Å². The van der Waals surface area contributed by atoms with Crippen LogP contribution in [0.2, 0.25) is 5.02 Å². The highest BCUT2D eigenvalue weighted by Gasteiger charge is 2.12. The summed E-state index contributed by atoms with van der Waals surface area (Å²) in [5.41, 5.74) is 5.24. The molecule has 0 radical (unpaired) electrons. The molecule has 0 unspecified atom stereocenters. The van der Waals surface area contributed by atoms with Crippen molar-refractivity contribution in [2.45, 2.75) is 13.8 Å². The summed E-state index contributed by atoms with van der Waals surface area (Å²) in [5.74, 6) is 0.589. The number of halogens is 1. The van der Waals surface area contributed by atoms with Crippen molar-refractivity contribution in [1.82, 2.24) is 25.0 Å². The van der Waals surface area contributed by atoms with Crippen molar-refractivity contribution in [2.24, 2.45) is 0 Å². The van der Waals surface area contributed by atoms with E-state index in [0.717, 1.165) is 27.8 Å². The summed E-state index contributed by atoms with van der Waals surface area (Å²) in [6.45, 7) is 3.99. The van der Waals surface area contributed by atoms with Gasteiger partial charge in [0.2, 0.25) is 5.65 Å². The van der Waals surface area contributed by atoms with E-state index in [-0.39, 0.29) is 0 Å². The van der Waals surface area contributed by atoms with Crippen LogP contribution in [0.4, 0.5) is 11.5 Å². The first-order valence-corrected chi connectivity index (χ1v) is 7.51. The van der Waals surface area contributed by atoms with Gasteiger partial charge in [0, 0.05) is 10.7 Å². The van der Waals surface area contributed by atoms with Gasteiger partial charge in [0.05, 0.1) is 11.0 Å². The van der Waals surface area contributed by atoms with Gasteiger partial charge in [-0.1, -0.05) is 23.7 Å². The van der Waals surface area contributed by atoms with Crippen LogP contribution in [0.1, 0.15) is 11.1 Å². The van der Waals surface area contributed by atoms with Crippen LogP contribution >= 0.6 is 11.6 Å². The predicted octanol–water partition coefficient (Wildman–Crippen LogP) is 3.69. The Balaban J connectivity index is 1.89. The molecule has 0 bridgehead atoms. The van der Waals surface area contributed by atoms with E-state index < -0.39 is 0 Å². The standard InChI is InChI=1S/C16H13ClN6/c1-9-3-6-13-14(7-9)23-16(20-21-22-23)15(19-13)18-11-5-4-10(2)12(17)8-11/h3-8H,1-2H3,(H,18,19). The topological polar surface area (TPSA) is 68.0 Å². The summed E-state index contributed by atoms with van der Waals surface area (Å²) in [5, 5.41) is 15.9. The minimum Gasteiger partial charge on any atom is -0.337 e. The monoisotopic (exact) mass is 324 g/mol. The molecule has 2 heterocycles. The van der Waals surface area contributed by atoms with Gasteiger partial charge in [0.25, 0.3) is 0 Å². The zero-order chi connectivity index (χ0) is 16.0. The van der Waals surface area contributed by atoms with Crippen molar-refractivity contribution in [3.8, 4) is 0 Å². The van der Waals surface area contributed by atoms with E-state index in [1.165, 1.54) is 0 Å². The van der Waals surface area contributed by atoms with E-state index in [1.807, 2.05) is 50.2 Å². The summed E-state index contributed by atoms with van der Waals surface area (Å²) < 4.78 is 1.69. The Labute approximate surface area is 137 Å². The Hall–Kier alpha value is -2.73. The molecule has 2 aromatic carbocycles. The quantitative estimate of drug-likeness (QED) is 0.609. The lowest BCUT2D eigenvalue weighted by molar-refractivity contribution is 0.840. The number of fused-ring (bicyclic) bond motifs is 3. The summed E-state index contributed by atoms with van der Waals surface area (Å²) >= 11 is 6.18. The molecular weight excluding hydrogens is 312 g/mol. The van der Waals surface area contributed by atoms with Gasteiger partial charge in [-0.2, -0.15) is 4.52 Å². The summed E-state index contributed by atoms with van der Waals surface area (Å²) in [7, 11) is 0. The first-order valence-electron chi connectivity index (χ1n) is 7.13. The number of anilines is 2. The Kier molecular flexibility index (Phi) is 3.12. The van der Waals surface area contributed by atoms with Crippen molar-refractivity contribution >= 4 is 39.8 Å². The molecule has 2 aromatic heterocycles. The van der Waals surface area contributed by atoms with Crippen molar-refractivity contribution in [2.75, 3.05) is 5.32 Å². The van der Waals surface area contributed by atoms with Gasteiger partial charge in [-0.3, -0.25) is 0 Å². The molecule has 4 rings (SSSR count). The summed E-state index contributed by atoms with van der Waals surface area (Å²) in [6.07, 6.45) is 0. The molecule has 0 spiro atoms. The number of nitrogens with zero attached hydrogens (tertiary/aromatic N) is 5. The second kappa shape index (κ2) is 5.17. The minimum absolute atomic E-state index is 0.569. The average molecular weight is 325 g/mol. The van der Waals surface area contributed by atoms with Gasteiger partial charge < -0.3 is 5.32 Å². The van der Waals surface area contributed by atoms with Gasteiger partial charge in [0.15, 0.2) is 5.82 Å². The van der Waals surface area contributed by atoms with Gasteiger partial charge in [-0.15, -0.1) is 5.10 Å². The van der Waals surface area contributed by atoms with E-state index in [0.29, 0.717) is 16.5 Å². The smallest absolute Gasteiger partial charge is 0.222 e.